The van der Waals surface area contributed by atoms with E-state index in [1.807, 2.05) is 24.3 Å². The lowest BCUT2D eigenvalue weighted by atomic mass is 9.81. The Morgan fingerprint density at radius 3 is 2.43 bits per heavy atom. The summed E-state index contributed by atoms with van der Waals surface area (Å²) in [5.74, 6) is -0.629. The molecule has 5 nitrogen and oxygen atoms in total. The summed E-state index contributed by atoms with van der Waals surface area (Å²) in [7, 11) is 0. The molecular weight excluding hydrogens is 407 g/mol. The van der Waals surface area contributed by atoms with E-state index in [4.69, 9.17) is 0 Å². The monoisotopic (exact) mass is 426 g/mol. The molecule has 1 N–H and O–H groups in total. The van der Waals surface area contributed by atoms with Crippen LogP contribution in [0.4, 0.5) is 5.69 Å². The number of halogens is 1. The van der Waals surface area contributed by atoms with Crippen LogP contribution in [0.2, 0.25) is 0 Å². The lowest BCUT2D eigenvalue weighted by Gasteiger charge is -2.19. The van der Waals surface area contributed by atoms with E-state index in [0.29, 0.717) is 0 Å². The number of nitrogens with one attached hydrogen (secondary N) is 1. The molecule has 2 atom stereocenters. The van der Waals surface area contributed by atoms with Crippen LogP contribution in [-0.2, 0) is 14.4 Å². The van der Waals surface area contributed by atoms with Gasteiger partial charge in [-0.2, -0.15) is 0 Å². The van der Waals surface area contributed by atoms with E-state index in [1.165, 1.54) is 4.90 Å². The SMILES string of the molecule is O=C(CCN1C(=O)[C@H]2CCCC[C@@H]2C1=O)Nc1cccc(I)c1. The summed E-state index contributed by atoms with van der Waals surface area (Å²) in [4.78, 5) is 38.0. The first-order valence-electron chi connectivity index (χ1n) is 7.97. The number of hydrogen-bond acceptors (Lipinski definition) is 3. The molecular formula is C17H19IN2O3. The third-order valence-corrected chi connectivity index (χ3v) is 5.27. The number of imide groups is 1. The molecule has 23 heavy (non-hydrogen) atoms. The second-order valence-electron chi connectivity index (χ2n) is 6.13. The number of hydrogen-bond donors (Lipinski definition) is 1. The molecule has 1 aliphatic carbocycles. The minimum absolute atomic E-state index is 0.0817. The summed E-state index contributed by atoms with van der Waals surface area (Å²) in [6.07, 6.45) is 3.78. The maximum Gasteiger partial charge on any atom is 0.233 e. The van der Waals surface area contributed by atoms with E-state index in [2.05, 4.69) is 27.9 Å². The quantitative estimate of drug-likeness (QED) is 0.595. The van der Waals surface area contributed by atoms with E-state index >= 15 is 0 Å². The number of nitrogens with zero attached hydrogens (tertiary/aromatic N) is 1. The van der Waals surface area contributed by atoms with Crippen molar-refractivity contribution in [1.82, 2.24) is 4.90 Å². The van der Waals surface area contributed by atoms with Crippen molar-refractivity contribution in [2.24, 2.45) is 11.8 Å². The van der Waals surface area contributed by atoms with Gasteiger partial charge in [0.25, 0.3) is 0 Å². The van der Waals surface area contributed by atoms with Crippen LogP contribution in [0.3, 0.4) is 0 Å². The van der Waals surface area contributed by atoms with Gasteiger partial charge in [-0.05, 0) is 53.6 Å². The third-order valence-electron chi connectivity index (χ3n) is 4.60. The van der Waals surface area contributed by atoms with Gasteiger partial charge in [0, 0.05) is 22.2 Å². The van der Waals surface area contributed by atoms with Crippen LogP contribution >= 0.6 is 22.6 Å². The summed E-state index contributed by atoms with van der Waals surface area (Å²) >= 11 is 2.18. The molecule has 0 spiro atoms. The number of benzene rings is 1. The van der Waals surface area contributed by atoms with Crippen molar-refractivity contribution in [1.29, 1.82) is 0 Å². The summed E-state index contributed by atoms with van der Waals surface area (Å²) in [6.45, 7) is 0.181. The minimum atomic E-state index is -0.178. The second-order valence-corrected chi connectivity index (χ2v) is 7.38. The topological polar surface area (TPSA) is 66.5 Å². The summed E-state index contributed by atoms with van der Waals surface area (Å²) in [5, 5.41) is 2.81. The van der Waals surface area contributed by atoms with E-state index < -0.39 is 0 Å². The minimum Gasteiger partial charge on any atom is -0.326 e. The summed E-state index contributed by atoms with van der Waals surface area (Å²) in [5.41, 5.74) is 0.731. The molecule has 1 saturated carbocycles. The molecule has 0 unspecified atom stereocenters. The first kappa shape index (κ1) is 16.4. The van der Waals surface area contributed by atoms with Crippen molar-refractivity contribution in [3.05, 3.63) is 27.8 Å². The van der Waals surface area contributed by atoms with Gasteiger partial charge in [0.15, 0.2) is 0 Å². The van der Waals surface area contributed by atoms with Crippen molar-refractivity contribution in [3.63, 3.8) is 0 Å². The molecule has 1 aromatic carbocycles. The van der Waals surface area contributed by atoms with Crippen molar-refractivity contribution in [2.45, 2.75) is 32.1 Å². The van der Waals surface area contributed by atoms with Gasteiger partial charge in [-0.1, -0.05) is 18.9 Å². The van der Waals surface area contributed by atoms with E-state index in [1.54, 1.807) is 0 Å². The highest BCUT2D eigenvalue weighted by Crippen LogP contribution is 2.37. The molecule has 1 aliphatic heterocycles. The molecule has 0 aromatic heterocycles. The Kier molecular flexibility index (Phi) is 4.99. The van der Waals surface area contributed by atoms with E-state index in [9.17, 15) is 14.4 Å². The Labute approximate surface area is 148 Å². The van der Waals surface area contributed by atoms with Gasteiger partial charge in [-0.25, -0.2) is 0 Å². The molecule has 1 heterocycles. The third kappa shape index (κ3) is 3.57. The van der Waals surface area contributed by atoms with Crippen LogP contribution in [0.15, 0.2) is 24.3 Å². The van der Waals surface area contributed by atoms with Gasteiger partial charge >= 0.3 is 0 Å². The van der Waals surface area contributed by atoms with Gasteiger partial charge < -0.3 is 5.32 Å². The molecule has 1 aromatic rings. The zero-order valence-electron chi connectivity index (χ0n) is 12.8. The average molecular weight is 426 g/mol. The van der Waals surface area contributed by atoms with Crippen LogP contribution in [-0.4, -0.2) is 29.2 Å². The van der Waals surface area contributed by atoms with Crippen molar-refractivity contribution < 1.29 is 14.4 Å². The zero-order valence-corrected chi connectivity index (χ0v) is 14.9. The molecule has 2 fully saturated rings. The number of likely N-dealkylation sites (tertiary alicyclic amines) is 1. The Balaban J connectivity index is 1.56. The predicted octanol–water partition coefficient (Wildman–Crippen LogP) is 2.80. The fraction of sp³-hybridized carbons (Fsp3) is 0.471. The number of amides is 3. The summed E-state index contributed by atoms with van der Waals surface area (Å²) in [6, 6.07) is 7.51. The molecule has 6 heteroatoms. The van der Waals surface area contributed by atoms with Crippen LogP contribution in [0, 0.1) is 15.4 Å². The van der Waals surface area contributed by atoms with Crippen LogP contribution in [0.1, 0.15) is 32.1 Å². The Bertz CT molecular complexity index is 622. The molecule has 3 rings (SSSR count). The molecule has 1 saturated heterocycles. The molecule has 0 bridgehead atoms. The molecule has 122 valence electrons. The lowest BCUT2D eigenvalue weighted by molar-refractivity contribution is -0.140. The van der Waals surface area contributed by atoms with Crippen molar-refractivity contribution in [3.8, 4) is 0 Å². The fourth-order valence-corrected chi connectivity index (χ4v) is 4.00. The normalized spacial score (nSPS) is 23.8. The fourth-order valence-electron chi connectivity index (χ4n) is 3.45. The van der Waals surface area contributed by atoms with Crippen LogP contribution in [0.5, 0.6) is 0 Å². The smallest absolute Gasteiger partial charge is 0.233 e. The van der Waals surface area contributed by atoms with Crippen LogP contribution < -0.4 is 5.32 Å². The first-order chi connectivity index (χ1) is 11.1. The lowest BCUT2D eigenvalue weighted by Crippen LogP contribution is -2.34. The van der Waals surface area contributed by atoms with Gasteiger partial charge in [0.1, 0.15) is 0 Å². The highest BCUT2D eigenvalue weighted by Gasteiger charge is 2.47. The first-order valence-corrected chi connectivity index (χ1v) is 9.05. The van der Waals surface area contributed by atoms with Gasteiger partial charge in [0.2, 0.25) is 17.7 Å². The molecule has 2 aliphatic rings. The van der Waals surface area contributed by atoms with Crippen molar-refractivity contribution >= 4 is 46.0 Å². The Morgan fingerprint density at radius 1 is 1.17 bits per heavy atom. The van der Waals surface area contributed by atoms with Gasteiger partial charge in [-0.3, -0.25) is 19.3 Å². The summed E-state index contributed by atoms with van der Waals surface area (Å²) < 4.78 is 1.04. The van der Waals surface area contributed by atoms with Gasteiger partial charge in [-0.15, -0.1) is 0 Å². The average Bonchev–Trinajstić information content (AvgIpc) is 2.77. The van der Waals surface area contributed by atoms with Crippen molar-refractivity contribution in [2.75, 3.05) is 11.9 Å². The predicted molar refractivity (Wildman–Crippen MR) is 94.6 cm³/mol. The Hall–Kier alpha value is -1.44. The highest BCUT2D eigenvalue weighted by atomic mass is 127. The van der Waals surface area contributed by atoms with E-state index in [0.717, 1.165) is 34.9 Å². The van der Waals surface area contributed by atoms with E-state index in [-0.39, 0.29) is 42.5 Å². The number of carbonyl (C=O) groups excluding carboxylic acids is 3. The maximum absolute atomic E-state index is 12.3. The number of rotatable bonds is 4. The largest absolute Gasteiger partial charge is 0.326 e. The highest BCUT2D eigenvalue weighted by molar-refractivity contribution is 14.1. The zero-order chi connectivity index (χ0) is 16.4. The maximum atomic E-state index is 12.3. The Morgan fingerprint density at radius 2 is 1.83 bits per heavy atom. The number of fused-ring (bicyclic) bond motifs is 1. The van der Waals surface area contributed by atoms with Gasteiger partial charge in [0.05, 0.1) is 11.8 Å². The van der Waals surface area contributed by atoms with Crippen LogP contribution in [0.25, 0.3) is 0 Å². The second kappa shape index (κ2) is 6.98. The number of anilines is 1. The molecule has 3 amide bonds. The standard InChI is InChI=1S/C17H19IN2O3/c18-11-4-3-5-12(10-11)19-15(21)8-9-20-16(22)13-6-1-2-7-14(13)17(20)23/h3-5,10,13-14H,1-2,6-9H2,(H,19,21)/t13-,14-/m0/s1. The molecule has 0 radical (unpaired) electrons. The number of carbonyl (C=O) groups is 3.